The minimum absolute atomic E-state index is 0.178. The van der Waals surface area contributed by atoms with Crippen LogP contribution in [0.3, 0.4) is 0 Å². The van der Waals surface area contributed by atoms with Crippen molar-refractivity contribution >= 4 is 16.8 Å². The van der Waals surface area contributed by atoms with Gasteiger partial charge in [-0.3, -0.25) is 4.79 Å². The number of nitrogens with one attached hydrogen (secondary N) is 1. The molecule has 1 aromatic carbocycles. The van der Waals surface area contributed by atoms with Gasteiger partial charge in [0.2, 0.25) is 0 Å². The lowest BCUT2D eigenvalue weighted by molar-refractivity contribution is 0.0770. The first-order chi connectivity index (χ1) is 9.67. The Balaban J connectivity index is 1.82. The molecule has 2 heterocycles. The van der Waals surface area contributed by atoms with Gasteiger partial charge in [0.25, 0.3) is 5.91 Å². The van der Waals surface area contributed by atoms with Crippen LogP contribution in [-0.2, 0) is 0 Å². The smallest absolute Gasteiger partial charge is 0.253 e. The first-order valence-electron chi connectivity index (χ1n) is 7.54. The maximum absolute atomic E-state index is 12.6. The molecule has 2 aromatic rings. The van der Waals surface area contributed by atoms with Crippen molar-refractivity contribution < 1.29 is 4.79 Å². The highest BCUT2D eigenvalue weighted by Gasteiger charge is 2.37. The Hall–Kier alpha value is -1.77. The summed E-state index contributed by atoms with van der Waals surface area (Å²) in [5, 5.41) is 1.10. The zero-order valence-electron chi connectivity index (χ0n) is 12.3. The monoisotopic (exact) mass is 270 g/mol. The Morgan fingerprint density at radius 3 is 2.80 bits per heavy atom. The van der Waals surface area contributed by atoms with E-state index in [1.165, 1.54) is 0 Å². The molecule has 0 atom stereocenters. The molecule has 1 aliphatic rings. The third-order valence-corrected chi connectivity index (χ3v) is 5.03. The van der Waals surface area contributed by atoms with E-state index in [0.717, 1.165) is 48.8 Å². The third kappa shape index (κ3) is 2.11. The summed E-state index contributed by atoms with van der Waals surface area (Å²) in [6, 6.07) is 7.93. The maximum atomic E-state index is 12.6. The Labute approximate surface area is 120 Å². The lowest BCUT2D eigenvalue weighted by Crippen LogP contribution is -2.31. The van der Waals surface area contributed by atoms with Crippen LogP contribution in [0.4, 0.5) is 0 Å². The van der Waals surface area contributed by atoms with E-state index in [1.807, 2.05) is 35.4 Å². The van der Waals surface area contributed by atoms with Crippen LogP contribution in [0.25, 0.3) is 10.9 Å². The molecule has 1 saturated heterocycles. The highest BCUT2D eigenvalue weighted by molar-refractivity contribution is 5.98. The van der Waals surface area contributed by atoms with Gasteiger partial charge >= 0.3 is 0 Å². The number of benzene rings is 1. The van der Waals surface area contributed by atoms with Crippen molar-refractivity contribution in [3.63, 3.8) is 0 Å². The van der Waals surface area contributed by atoms with Crippen molar-refractivity contribution in [2.75, 3.05) is 13.1 Å². The van der Waals surface area contributed by atoms with Gasteiger partial charge in [0.1, 0.15) is 0 Å². The predicted molar refractivity (Wildman–Crippen MR) is 81.8 cm³/mol. The fraction of sp³-hybridized carbons (Fsp3) is 0.471. The van der Waals surface area contributed by atoms with E-state index in [2.05, 4.69) is 18.8 Å². The van der Waals surface area contributed by atoms with Crippen LogP contribution >= 0.6 is 0 Å². The molecular weight excluding hydrogens is 248 g/mol. The van der Waals surface area contributed by atoms with E-state index < -0.39 is 0 Å². The quantitative estimate of drug-likeness (QED) is 0.904. The number of rotatable bonds is 3. The Morgan fingerprint density at radius 1 is 1.30 bits per heavy atom. The van der Waals surface area contributed by atoms with Gasteiger partial charge in [-0.15, -0.1) is 0 Å². The van der Waals surface area contributed by atoms with Gasteiger partial charge < -0.3 is 9.88 Å². The summed E-state index contributed by atoms with van der Waals surface area (Å²) < 4.78 is 0. The number of aromatic nitrogens is 1. The van der Waals surface area contributed by atoms with Gasteiger partial charge in [-0.05, 0) is 48.9 Å². The Bertz CT molecular complexity index is 625. The first-order valence-corrected chi connectivity index (χ1v) is 7.54. The number of aromatic amines is 1. The average molecular weight is 270 g/mol. The number of hydrogen-bond acceptors (Lipinski definition) is 1. The molecule has 0 aliphatic carbocycles. The van der Waals surface area contributed by atoms with Crippen LogP contribution in [0.2, 0.25) is 0 Å². The molecule has 106 valence electrons. The van der Waals surface area contributed by atoms with Gasteiger partial charge in [-0.1, -0.05) is 13.8 Å². The number of fused-ring (bicyclic) bond motifs is 1. The molecule has 0 spiro atoms. The second-order valence-electron chi connectivity index (χ2n) is 5.96. The lowest BCUT2D eigenvalue weighted by Gasteiger charge is -2.26. The fourth-order valence-corrected chi connectivity index (χ4v) is 3.30. The van der Waals surface area contributed by atoms with Crippen molar-refractivity contribution in [3.8, 4) is 0 Å². The number of carbonyl (C=O) groups excluding carboxylic acids is 1. The van der Waals surface area contributed by atoms with E-state index in [9.17, 15) is 4.79 Å². The second kappa shape index (κ2) is 4.97. The van der Waals surface area contributed by atoms with Crippen LogP contribution in [0.15, 0.2) is 30.5 Å². The van der Waals surface area contributed by atoms with Crippen LogP contribution in [0.1, 0.15) is 43.5 Å². The largest absolute Gasteiger partial charge is 0.361 e. The number of carbonyl (C=O) groups is 1. The highest BCUT2D eigenvalue weighted by Crippen LogP contribution is 2.37. The average Bonchev–Trinajstić information content (AvgIpc) is 3.13. The predicted octanol–water partition coefficient (Wildman–Crippen LogP) is 3.82. The molecule has 3 heteroatoms. The Morgan fingerprint density at radius 2 is 2.10 bits per heavy atom. The normalized spacial score (nSPS) is 17.8. The van der Waals surface area contributed by atoms with Crippen LogP contribution in [-0.4, -0.2) is 28.9 Å². The van der Waals surface area contributed by atoms with Crippen LogP contribution in [0, 0.1) is 5.41 Å². The fourth-order valence-electron chi connectivity index (χ4n) is 3.30. The van der Waals surface area contributed by atoms with Crippen molar-refractivity contribution in [2.24, 2.45) is 5.41 Å². The highest BCUT2D eigenvalue weighted by atomic mass is 16.2. The summed E-state index contributed by atoms with van der Waals surface area (Å²) in [6.45, 7) is 6.28. The molecular formula is C17H22N2O. The van der Waals surface area contributed by atoms with Gasteiger partial charge in [0.15, 0.2) is 0 Å². The molecule has 20 heavy (non-hydrogen) atoms. The van der Waals surface area contributed by atoms with Gasteiger partial charge in [-0.25, -0.2) is 0 Å². The topological polar surface area (TPSA) is 36.1 Å². The molecule has 3 nitrogen and oxygen atoms in total. The summed E-state index contributed by atoms with van der Waals surface area (Å²) in [7, 11) is 0. The van der Waals surface area contributed by atoms with Crippen molar-refractivity contribution in [1.29, 1.82) is 0 Å². The molecule has 1 amide bonds. The SMILES string of the molecule is CCC1(CC)CCN(C(=O)c2ccc3[nH]ccc3c2)C1. The number of H-pyrrole nitrogens is 1. The second-order valence-corrected chi connectivity index (χ2v) is 5.96. The summed E-state index contributed by atoms with van der Waals surface area (Å²) in [6.07, 6.45) is 5.36. The summed E-state index contributed by atoms with van der Waals surface area (Å²) in [5.41, 5.74) is 2.23. The summed E-state index contributed by atoms with van der Waals surface area (Å²) in [4.78, 5) is 17.8. The van der Waals surface area contributed by atoms with Crippen LogP contribution in [0.5, 0.6) is 0 Å². The molecule has 0 saturated carbocycles. The molecule has 0 bridgehead atoms. The third-order valence-electron chi connectivity index (χ3n) is 5.03. The summed E-state index contributed by atoms with van der Waals surface area (Å²) in [5.74, 6) is 0.178. The van der Waals surface area contributed by atoms with E-state index in [-0.39, 0.29) is 5.91 Å². The van der Waals surface area contributed by atoms with E-state index in [0.29, 0.717) is 5.41 Å². The number of hydrogen-bond donors (Lipinski definition) is 1. The standard InChI is InChI=1S/C17H22N2O/c1-3-17(4-2)8-10-19(12-17)16(20)14-5-6-15-13(11-14)7-9-18-15/h5-7,9,11,18H,3-4,8,10,12H2,1-2H3. The minimum atomic E-state index is 0.178. The molecule has 1 aliphatic heterocycles. The zero-order chi connectivity index (χ0) is 14.2. The number of nitrogens with zero attached hydrogens (tertiary/aromatic N) is 1. The Kier molecular flexibility index (Phi) is 3.28. The molecule has 1 fully saturated rings. The van der Waals surface area contributed by atoms with Gasteiger partial charge in [0, 0.05) is 35.8 Å². The first kappa shape index (κ1) is 13.2. The molecule has 1 aromatic heterocycles. The molecule has 0 radical (unpaired) electrons. The van der Waals surface area contributed by atoms with E-state index in [4.69, 9.17) is 0 Å². The van der Waals surface area contributed by atoms with Crippen LogP contribution < -0.4 is 0 Å². The van der Waals surface area contributed by atoms with E-state index in [1.54, 1.807) is 0 Å². The molecule has 3 rings (SSSR count). The zero-order valence-corrected chi connectivity index (χ0v) is 12.3. The number of amides is 1. The summed E-state index contributed by atoms with van der Waals surface area (Å²) >= 11 is 0. The van der Waals surface area contributed by atoms with E-state index >= 15 is 0 Å². The van der Waals surface area contributed by atoms with Crippen molar-refractivity contribution in [1.82, 2.24) is 9.88 Å². The molecule has 0 unspecified atom stereocenters. The minimum Gasteiger partial charge on any atom is -0.361 e. The van der Waals surface area contributed by atoms with Gasteiger partial charge in [0.05, 0.1) is 0 Å². The lowest BCUT2D eigenvalue weighted by atomic mass is 9.82. The van der Waals surface area contributed by atoms with Crippen molar-refractivity contribution in [2.45, 2.75) is 33.1 Å². The maximum Gasteiger partial charge on any atom is 0.253 e. The van der Waals surface area contributed by atoms with Crippen molar-refractivity contribution in [3.05, 3.63) is 36.0 Å². The van der Waals surface area contributed by atoms with Gasteiger partial charge in [-0.2, -0.15) is 0 Å². The molecule has 1 N–H and O–H groups in total. The number of likely N-dealkylation sites (tertiary alicyclic amines) is 1.